The molecule has 2 aliphatic rings. The van der Waals surface area contributed by atoms with Crippen molar-refractivity contribution in [2.45, 2.75) is 84.0 Å². The van der Waals surface area contributed by atoms with Gasteiger partial charge < -0.3 is 14.7 Å². The second-order valence-corrected chi connectivity index (χ2v) is 8.38. The van der Waals surface area contributed by atoms with E-state index in [0.29, 0.717) is 31.1 Å². The smallest absolute Gasteiger partial charge is 0.339 e. The van der Waals surface area contributed by atoms with Crippen molar-refractivity contribution in [3.8, 4) is 0 Å². The third-order valence-electron chi connectivity index (χ3n) is 6.29. The molecule has 1 saturated heterocycles. The summed E-state index contributed by atoms with van der Waals surface area (Å²) in [5, 5.41) is 13.5. The van der Waals surface area contributed by atoms with Gasteiger partial charge in [0, 0.05) is 13.1 Å². The van der Waals surface area contributed by atoms with Crippen molar-refractivity contribution >= 4 is 11.9 Å². The summed E-state index contributed by atoms with van der Waals surface area (Å²) in [6.45, 7) is 7.39. The molecular weight excluding hydrogens is 358 g/mol. The molecule has 7 nitrogen and oxygen atoms in total. The number of aromatic nitrogens is 2. The fourth-order valence-electron chi connectivity index (χ4n) is 4.60. The van der Waals surface area contributed by atoms with Gasteiger partial charge in [-0.05, 0) is 44.9 Å². The molecule has 3 rings (SSSR count). The Hall–Kier alpha value is -1.89. The number of likely N-dealkylation sites (tertiary alicyclic amines) is 1. The molecule has 1 aromatic rings. The average molecular weight is 392 g/mol. The number of nitrogens with zero attached hydrogens (tertiary/aromatic N) is 3. The molecule has 2 fully saturated rings. The lowest BCUT2D eigenvalue weighted by Gasteiger charge is -2.36. The van der Waals surface area contributed by atoms with Crippen molar-refractivity contribution in [1.82, 2.24) is 14.7 Å². The first-order chi connectivity index (χ1) is 13.4. The standard InChI is InChI=1S/C21H33N3O4/c1-4-19(28-17-7-5-6-14(2)12-17)20(25)23-10-8-16(9-11-23)24-15(3)18(13-22-24)21(26)27/h13-14,16-17,19H,4-12H2,1-3H3,(H,26,27). The minimum atomic E-state index is -0.948. The van der Waals surface area contributed by atoms with E-state index in [1.54, 1.807) is 6.92 Å². The van der Waals surface area contributed by atoms with Crippen LogP contribution in [0.3, 0.4) is 0 Å². The highest BCUT2D eigenvalue weighted by atomic mass is 16.5. The summed E-state index contributed by atoms with van der Waals surface area (Å²) in [6, 6.07) is 0.136. The number of hydrogen-bond acceptors (Lipinski definition) is 4. The van der Waals surface area contributed by atoms with Crippen LogP contribution in [-0.2, 0) is 9.53 Å². The summed E-state index contributed by atoms with van der Waals surface area (Å²) in [7, 11) is 0. The summed E-state index contributed by atoms with van der Waals surface area (Å²) in [5.41, 5.74) is 0.929. The number of aromatic carboxylic acids is 1. The fourth-order valence-corrected chi connectivity index (χ4v) is 4.60. The molecule has 1 aliphatic heterocycles. The highest BCUT2D eigenvalue weighted by Gasteiger charge is 2.32. The van der Waals surface area contributed by atoms with Gasteiger partial charge in [0.15, 0.2) is 0 Å². The molecule has 2 heterocycles. The Morgan fingerprint density at radius 2 is 2.00 bits per heavy atom. The number of ether oxygens (including phenoxy) is 1. The van der Waals surface area contributed by atoms with Crippen molar-refractivity contribution in [3.63, 3.8) is 0 Å². The zero-order valence-corrected chi connectivity index (χ0v) is 17.3. The van der Waals surface area contributed by atoms with Crippen LogP contribution in [0.1, 0.15) is 80.9 Å². The monoisotopic (exact) mass is 391 g/mol. The highest BCUT2D eigenvalue weighted by molar-refractivity contribution is 5.88. The molecule has 1 N–H and O–H groups in total. The lowest BCUT2D eigenvalue weighted by molar-refractivity contribution is -0.151. The molecule has 7 heteroatoms. The topological polar surface area (TPSA) is 84.7 Å². The van der Waals surface area contributed by atoms with Crippen LogP contribution in [0.5, 0.6) is 0 Å². The van der Waals surface area contributed by atoms with Gasteiger partial charge in [-0.3, -0.25) is 9.48 Å². The maximum absolute atomic E-state index is 13.0. The van der Waals surface area contributed by atoms with Crippen molar-refractivity contribution in [3.05, 3.63) is 17.5 Å². The molecule has 0 radical (unpaired) electrons. The number of rotatable bonds is 6. The van der Waals surface area contributed by atoms with Crippen LogP contribution >= 0.6 is 0 Å². The van der Waals surface area contributed by atoms with Crippen LogP contribution < -0.4 is 0 Å². The zero-order valence-electron chi connectivity index (χ0n) is 17.3. The minimum Gasteiger partial charge on any atom is -0.478 e. The van der Waals surface area contributed by atoms with Gasteiger partial charge in [-0.15, -0.1) is 0 Å². The van der Waals surface area contributed by atoms with Crippen LogP contribution in [0.2, 0.25) is 0 Å². The lowest BCUT2D eigenvalue weighted by Crippen LogP contribution is -2.46. The third kappa shape index (κ3) is 4.57. The highest BCUT2D eigenvalue weighted by Crippen LogP contribution is 2.29. The average Bonchev–Trinajstić information content (AvgIpc) is 3.07. The Balaban J connectivity index is 1.56. The molecule has 3 unspecified atom stereocenters. The Morgan fingerprint density at radius 3 is 2.57 bits per heavy atom. The van der Waals surface area contributed by atoms with E-state index in [1.165, 1.54) is 19.0 Å². The van der Waals surface area contributed by atoms with E-state index in [4.69, 9.17) is 4.74 Å². The molecular formula is C21H33N3O4. The van der Waals surface area contributed by atoms with Gasteiger partial charge in [0.05, 0.1) is 24.0 Å². The van der Waals surface area contributed by atoms with Gasteiger partial charge in [-0.1, -0.05) is 26.7 Å². The second kappa shape index (κ2) is 9.07. The van der Waals surface area contributed by atoms with E-state index < -0.39 is 5.97 Å². The normalized spacial score (nSPS) is 24.9. The minimum absolute atomic E-state index is 0.0996. The zero-order chi connectivity index (χ0) is 20.3. The Bertz CT molecular complexity index is 694. The molecule has 1 saturated carbocycles. The third-order valence-corrected chi connectivity index (χ3v) is 6.29. The first kappa shape index (κ1) is 20.8. The van der Waals surface area contributed by atoms with E-state index in [-0.39, 0.29) is 29.7 Å². The second-order valence-electron chi connectivity index (χ2n) is 8.38. The molecule has 0 bridgehead atoms. The summed E-state index contributed by atoms with van der Waals surface area (Å²) < 4.78 is 8.02. The number of hydrogen-bond donors (Lipinski definition) is 1. The first-order valence-corrected chi connectivity index (χ1v) is 10.6. The van der Waals surface area contributed by atoms with Gasteiger partial charge in [0.25, 0.3) is 5.91 Å². The molecule has 1 aliphatic carbocycles. The molecule has 3 atom stereocenters. The predicted molar refractivity (Wildman–Crippen MR) is 105 cm³/mol. The summed E-state index contributed by atoms with van der Waals surface area (Å²) in [6.07, 6.45) is 8.09. The number of carboxylic acids is 1. The van der Waals surface area contributed by atoms with Gasteiger partial charge in [-0.2, -0.15) is 5.10 Å². The quantitative estimate of drug-likeness (QED) is 0.803. The molecule has 1 aromatic heterocycles. The van der Waals surface area contributed by atoms with Crippen molar-refractivity contribution in [2.24, 2.45) is 5.92 Å². The van der Waals surface area contributed by atoms with E-state index in [1.807, 2.05) is 16.5 Å². The molecule has 156 valence electrons. The lowest BCUT2D eigenvalue weighted by atomic mass is 9.88. The molecule has 0 spiro atoms. The Kier molecular flexibility index (Phi) is 6.75. The van der Waals surface area contributed by atoms with Crippen LogP contribution in [0.4, 0.5) is 0 Å². The molecule has 28 heavy (non-hydrogen) atoms. The van der Waals surface area contributed by atoms with Gasteiger partial charge in [0.2, 0.25) is 0 Å². The number of amides is 1. The first-order valence-electron chi connectivity index (χ1n) is 10.6. The van der Waals surface area contributed by atoms with Crippen LogP contribution in [0, 0.1) is 12.8 Å². The van der Waals surface area contributed by atoms with E-state index >= 15 is 0 Å². The predicted octanol–water partition coefficient (Wildman–Crippen LogP) is 3.43. The largest absolute Gasteiger partial charge is 0.478 e. The summed E-state index contributed by atoms with van der Waals surface area (Å²) >= 11 is 0. The van der Waals surface area contributed by atoms with Crippen molar-refractivity contribution in [2.75, 3.05) is 13.1 Å². The van der Waals surface area contributed by atoms with Crippen LogP contribution in [-0.4, -0.2) is 57.0 Å². The van der Waals surface area contributed by atoms with Gasteiger partial charge in [-0.25, -0.2) is 4.79 Å². The van der Waals surface area contributed by atoms with Crippen LogP contribution in [0.15, 0.2) is 6.20 Å². The fraction of sp³-hybridized carbons (Fsp3) is 0.762. The van der Waals surface area contributed by atoms with Crippen molar-refractivity contribution in [1.29, 1.82) is 0 Å². The van der Waals surface area contributed by atoms with Crippen molar-refractivity contribution < 1.29 is 19.4 Å². The summed E-state index contributed by atoms with van der Waals surface area (Å²) in [4.78, 5) is 26.1. The maximum Gasteiger partial charge on any atom is 0.339 e. The number of piperidine rings is 1. The number of carboxylic acid groups (broad SMARTS) is 1. The van der Waals surface area contributed by atoms with Gasteiger partial charge in [0.1, 0.15) is 11.7 Å². The van der Waals surface area contributed by atoms with E-state index in [2.05, 4.69) is 12.0 Å². The van der Waals surface area contributed by atoms with E-state index in [9.17, 15) is 14.7 Å². The Labute approximate surface area is 167 Å². The van der Waals surface area contributed by atoms with E-state index in [0.717, 1.165) is 25.7 Å². The molecule has 0 aromatic carbocycles. The SMILES string of the molecule is CCC(OC1CCCC(C)C1)C(=O)N1CCC(n2ncc(C(=O)O)c2C)CC1. The number of carbonyl (C=O) groups excluding carboxylic acids is 1. The Morgan fingerprint density at radius 1 is 1.29 bits per heavy atom. The summed E-state index contributed by atoms with van der Waals surface area (Å²) in [5.74, 6) is -0.172. The maximum atomic E-state index is 13.0. The number of carbonyl (C=O) groups is 2. The van der Waals surface area contributed by atoms with Crippen LogP contribution in [0.25, 0.3) is 0 Å². The molecule has 1 amide bonds. The van der Waals surface area contributed by atoms with Gasteiger partial charge >= 0.3 is 5.97 Å².